The third-order valence-corrected chi connectivity index (χ3v) is 5.50. The molecule has 0 radical (unpaired) electrons. The average Bonchev–Trinajstić information content (AvgIpc) is 2.93. The molecule has 2 N–H and O–H groups in total. The molecule has 28 heavy (non-hydrogen) atoms. The SMILES string of the molecule is Cc1cc(OCC(=O)N2c3ccc(S(N)(=O)=O)cc3CC2C)ccc1[N+](=O)[O-]. The predicted molar refractivity (Wildman–Crippen MR) is 102 cm³/mol. The first-order valence-corrected chi connectivity index (χ1v) is 9.98. The number of hydrogen-bond acceptors (Lipinski definition) is 6. The number of aryl methyl sites for hydroxylation is 1. The van der Waals surface area contributed by atoms with E-state index in [0.717, 1.165) is 5.56 Å². The van der Waals surface area contributed by atoms with Crippen molar-refractivity contribution in [3.8, 4) is 5.75 Å². The number of nitro benzene ring substituents is 1. The average molecular weight is 405 g/mol. The van der Waals surface area contributed by atoms with Crippen LogP contribution in [0.2, 0.25) is 0 Å². The maximum absolute atomic E-state index is 12.7. The zero-order valence-corrected chi connectivity index (χ0v) is 16.1. The molecule has 10 heteroatoms. The highest BCUT2D eigenvalue weighted by atomic mass is 32.2. The van der Waals surface area contributed by atoms with Crippen LogP contribution in [0.15, 0.2) is 41.3 Å². The van der Waals surface area contributed by atoms with Crippen molar-refractivity contribution in [2.45, 2.75) is 31.2 Å². The van der Waals surface area contributed by atoms with Crippen molar-refractivity contribution < 1.29 is 22.9 Å². The second kappa shape index (κ2) is 7.21. The normalized spacial score (nSPS) is 16.0. The lowest BCUT2D eigenvalue weighted by Crippen LogP contribution is -2.39. The van der Waals surface area contributed by atoms with Gasteiger partial charge in [-0.05, 0) is 56.2 Å². The number of rotatable bonds is 5. The van der Waals surface area contributed by atoms with Crippen molar-refractivity contribution in [1.29, 1.82) is 0 Å². The smallest absolute Gasteiger partial charge is 0.272 e. The fourth-order valence-corrected chi connectivity index (χ4v) is 3.87. The molecule has 1 amide bonds. The van der Waals surface area contributed by atoms with Crippen LogP contribution in [-0.4, -0.2) is 31.9 Å². The summed E-state index contributed by atoms with van der Waals surface area (Å²) in [5, 5.41) is 16.0. The van der Waals surface area contributed by atoms with Crippen LogP contribution >= 0.6 is 0 Å². The van der Waals surface area contributed by atoms with Crippen molar-refractivity contribution in [3.63, 3.8) is 0 Å². The van der Waals surface area contributed by atoms with Gasteiger partial charge in [0.05, 0.1) is 9.82 Å². The number of nitro groups is 1. The van der Waals surface area contributed by atoms with Gasteiger partial charge in [0.1, 0.15) is 5.75 Å². The molecule has 3 rings (SSSR count). The zero-order valence-electron chi connectivity index (χ0n) is 15.3. The van der Waals surface area contributed by atoms with Gasteiger partial charge < -0.3 is 9.64 Å². The minimum absolute atomic E-state index is 0.00496. The van der Waals surface area contributed by atoms with E-state index in [2.05, 4.69) is 0 Å². The maximum Gasteiger partial charge on any atom is 0.272 e. The van der Waals surface area contributed by atoms with Gasteiger partial charge in [0, 0.05) is 23.4 Å². The molecule has 0 saturated carbocycles. The number of fused-ring (bicyclic) bond motifs is 1. The summed E-state index contributed by atoms with van der Waals surface area (Å²) in [6.07, 6.45) is 0.501. The van der Waals surface area contributed by atoms with E-state index in [1.807, 2.05) is 6.92 Å². The highest BCUT2D eigenvalue weighted by Crippen LogP contribution is 2.34. The van der Waals surface area contributed by atoms with Crippen molar-refractivity contribution in [2.75, 3.05) is 11.5 Å². The number of anilines is 1. The molecule has 0 aromatic heterocycles. The molecule has 0 saturated heterocycles. The number of benzene rings is 2. The molecule has 0 aliphatic carbocycles. The van der Waals surface area contributed by atoms with Crippen LogP contribution in [0.4, 0.5) is 11.4 Å². The Morgan fingerprint density at radius 1 is 1.32 bits per heavy atom. The Balaban J connectivity index is 1.75. The predicted octanol–water partition coefficient (Wildman–Crippen LogP) is 1.91. The Kier molecular flexibility index (Phi) is 5.09. The largest absolute Gasteiger partial charge is 0.484 e. The van der Waals surface area contributed by atoms with E-state index in [9.17, 15) is 23.3 Å². The first-order chi connectivity index (χ1) is 13.1. The topological polar surface area (TPSA) is 133 Å². The number of primary sulfonamides is 1. The molecule has 2 aromatic rings. The van der Waals surface area contributed by atoms with Gasteiger partial charge in [-0.1, -0.05) is 0 Å². The van der Waals surface area contributed by atoms with Gasteiger partial charge in [0.15, 0.2) is 6.61 Å². The van der Waals surface area contributed by atoms with Gasteiger partial charge in [-0.3, -0.25) is 14.9 Å². The highest BCUT2D eigenvalue weighted by Gasteiger charge is 2.32. The molecule has 0 spiro atoms. The van der Waals surface area contributed by atoms with Crippen LogP contribution in [0.1, 0.15) is 18.1 Å². The summed E-state index contributed by atoms with van der Waals surface area (Å²) in [5.74, 6) is 0.0544. The lowest BCUT2D eigenvalue weighted by atomic mass is 10.1. The standard InChI is InChI=1S/C18H19N3O6S/c1-11-7-14(3-5-16(11)21(23)24)27-10-18(22)20-12(2)8-13-9-15(28(19,25)26)4-6-17(13)20/h3-7,9,12H,8,10H2,1-2H3,(H2,19,25,26). The van der Waals surface area contributed by atoms with Crippen molar-refractivity contribution in [3.05, 3.63) is 57.6 Å². The summed E-state index contributed by atoms with van der Waals surface area (Å²) in [4.78, 5) is 24.6. The molecular weight excluding hydrogens is 386 g/mol. The summed E-state index contributed by atoms with van der Waals surface area (Å²) >= 11 is 0. The second-order valence-corrected chi connectivity index (χ2v) is 8.21. The quantitative estimate of drug-likeness (QED) is 0.597. The van der Waals surface area contributed by atoms with E-state index in [1.54, 1.807) is 17.9 Å². The number of nitrogens with two attached hydrogens (primary N) is 1. The number of carbonyl (C=O) groups excluding carboxylic acids is 1. The summed E-state index contributed by atoms with van der Waals surface area (Å²) in [7, 11) is -3.82. The molecule has 0 fully saturated rings. The second-order valence-electron chi connectivity index (χ2n) is 6.65. The molecule has 1 atom stereocenters. The monoisotopic (exact) mass is 405 g/mol. The van der Waals surface area contributed by atoms with Crippen LogP contribution in [0.3, 0.4) is 0 Å². The van der Waals surface area contributed by atoms with Crippen LogP contribution in [0, 0.1) is 17.0 Å². The van der Waals surface area contributed by atoms with Crippen LogP contribution in [0.5, 0.6) is 5.75 Å². The van der Waals surface area contributed by atoms with Gasteiger partial charge in [0.25, 0.3) is 11.6 Å². The number of ether oxygens (including phenoxy) is 1. The summed E-state index contributed by atoms with van der Waals surface area (Å²) < 4.78 is 28.5. The first kappa shape index (κ1) is 19.8. The van der Waals surface area contributed by atoms with E-state index >= 15 is 0 Å². The van der Waals surface area contributed by atoms with Crippen molar-refractivity contribution in [2.24, 2.45) is 5.14 Å². The maximum atomic E-state index is 12.7. The van der Waals surface area contributed by atoms with Gasteiger partial charge in [-0.25, -0.2) is 13.6 Å². The number of carbonyl (C=O) groups is 1. The highest BCUT2D eigenvalue weighted by molar-refractivity contribution is 7.89. The Bertz CT molecular complexity index is 1070. The van der Waals surface area contributed by atoms with Gasteiger partial charge in [-0.2, -0.15) is 0 Å². The minimum Gasteiger partial charge on any atom is -0.484 e. The van der Waals surface area contributed by atoms with Gasteiger partial charge >= 0.3 is 0 Å². The summed E-state index contributed by atoms with van der Waals surface area (Å²) in [5.41, 5.74) is 1.75. The lowest BCUT2D eigenvalue weighted by Gasteiger charge is -2.23. The molecular formula is C18H19N3O6S. The van der Waals surface area contributed by atoms with E-state index in [1.165, 1.54) is 30.3 Å². The summed E-state index contributed by atoms with van der Waals surface area (Å²) in [6, 6.07) is 8.52. The number of nitrogens with zero attached hydrogens (tertiary/aromatic N) is 2. The minimum atomic E-state index is -3.82. The molecule has 9 nitrogen and oxygen atoms in total. The number of hydrogen-bond donors (Lipinski definition) is 1. The number of sulfonamides is 1. The van der Waals surface area contributed by atoms with Crippen molar-refractivity contribution >= 4 is 27.3 Å². The van der Waals surface area contributed by atoms with Gasteiger partial charge in [-0.15, -0.1) is 0 Å². The Hall–Kier alpha value is -2.98. The van der Waals surface area contributed by atoms with Crippen LogP contribution in [0.25, 0.3) is 0 Å². The number of amides is 1. The molecule has 1 unspecified atom stereocenters. The van der Waals surface area contributed by atoms with Crippen molar-refractivity contribution in [1.82, 2.24) is 0 Å². The molecule has 1 aliphatic rings. The Labute approximate surface area is 161 Å². The summed E-state index contributed by atoms with van der Waals surface area (Å²) in [6.45, 7) is 3.19. The Morgan fingerprint density at radius 2 is 2.04 bits per heavy atom. The van der Waals surface area contributed by atoms with Crippen LogP contribution in [-0.2, 0) is 21.2 Å². The molecule has 148 valence electrons. The van der Waals surface area contributed by atoms with Crippen LogP contribution < -0.4 is 14.8 Å². The lowest BCUT2D eigenvalue weighted by molar-refractivity contribution is -0.385. The third-order valence-electron chi connectivity index (χ3n) is 4.59. The molecule has 0 bridgehead atoms. The first-order valence-electron chi connectivity index (χ1n) is 8.43. The van der Waals surface area contributed by atoms with E-state index < -0.39 is 14.9 Å². The Morgan fingerprint density at radius 3 is 2.64 bits per heavy atom. The fourth-order valence-electron chi connectivity index (χ4n) is 3.30. The van der Waals surface area contributed by atoms with E-state index in [0.29, 0.717) is 23.4 Å². The van der Waals surface area contributed by atoms with E-state index in [4.69, 9.17) is 9.88 Å². The van der Waals surface area contributed by atoms with E-state index in [-0.39, 0.29) is 29.1 Å². The molecule has 2 aromatic carbocycles. The zero-order chi connectivity index (χ0) is 20.6. The third kappa shape index (κ3) is 3.82. The molecule has 1 heterocycles. The van der Waals surface area contributed by atoms with Gasteiger partial charge in [0.2, 0.25) is 10.0 Å². The fraction of sp³-hybridized carbons (Fsp3) is 0.278. The molecule has 1 aliphatic heterocycles.